The maximum atomic E-state index is 8.80. The summed E-state index contributed by atoms with van der Waals surface area (Å²) in [6, 6.07) is 8.96. The molecule has 1 aromatic carbocycles. The van der Waals surface area contributed by atoms with Crippen LogP contribution in [0.1, 0.15) is 25.3 Å². The van der Waals surface area contributed by atoms with Crippen molar-refractivity contribution in [2.75, 3.05) is 11.9 Å². The van der Waals surface area contributed by atoms with E-state index in [0.717, 1.165) is 12.3 Å². The van der Waals surface area contributed by atoms with Crippen molar-refractivity contribution in [1.82, 2.24) is 0 Å². The van der Waals surface area contributed by atoms with Crippen LogP contribution in [0.25, 0.3) is 0 Å². The van der Waals surface area contributed by atoms with Gasteiger partial charge in [-0.3, -0.25) is 0 Å². The van der Waals surface area contributed by atoms with Gasteiger partial charge < -0.3 is 10.4 Å². The van der Waals surface area contributed by atoms with Gasteiger partial charge in [0.05, 0.1) is 0 Å². The standard InChI is InChI=1S/C13H19NO/c1-10(12-4-5-12)14-13-6-2-11(3-7-13)8-9-15/h2-3,6-7,10,12,14-15H,4-5,8-9H2,1H3/t10-/m1/s1. The number of aliphatic hydroxyl groups is 1. The molecule has 0 bridgehead atoms. The van der Waals surface area contributed by atoms with Crippen molar-refractivity contribution in [3.8, 4) is 0 Å². The van der Waals surface area contributed by atoms with Crippen LogP contribution in [0.15, 0.2) is 24.3 Å². The van der Waals surface area contributed by atoms with Gasteiger partial charge in [0.25, 0.3) is 0 Å². The number of hydrogen-bond acceptors (Lipinski definition) is 2. The normalized spacial score (nSPS) is 17.5. The van der Waals surface area contributed by atoms with E-state index in [1.54, 1.807) is 0 Å². The fourth-order valence-corrected chi connectivity index (χ4v) is 1.87. The van der Waals surface area contributed by atoms with E-state index in [0.29, 0.717) is 6.04 Å². The summed E-state index contributed by atoms with van der Waals surface area (Å²) >= 11 is 0. The zero-order chi connectivity index (χ0) is 10.7. The van der Waals surface area contributed by atoms with Gasteiger partial charge in [0, 0.05) is 18.3 Å². The van der Waals surface area contributed by atoms with Gasteiger partial charge in [-0.1, -0.05) is 12.1 Å². The summed E-state index contributed by atoms with van der Waals surface area (Å²) in [5.74, 6) is 0.877. The Bertz CT molecular complexity index is 303. The molecule has 1 fully saturated rings. The lowest BCUT2D eigenvalue weighted by Gasteiger charge is -2.14. The van der Waals surface area contributed by atoms with Gasteiger partial charge in [0.15, 0.2) is 0 Å². The summed E-state index contributed by atoms with van der Waals surface area (Å²) in [4.78, 5) is 0. The monoisotopic (exact) mass is 205 g/mol. The first-order valence-electron chi connectivity index (χ1n) is 5.76. The number of aliphatic hydroxyl groups excluding tert-OH is 1. The first-order valence-corrected chi connectivity index (χ1v) is 5.76. The molecule has 0 saturated heterocycles. The van der Waals surface area contributed by atoms with Crippen LogP contribution in [-0.2, 0) is 6.42 Å². The highest BCUT2D eigenvalue weighted by Crippen LogP contribution is 2.33. The highest BCUT2D eigenvalue weighted by atomic mass is 16.2. The quantitative estimate of drug-likeness (QED) is 0.773. The molecule has 82 valence electrons. The Morgan fingerprint density at radius 1 is 1.33 bits per heavy atom. The molecule has 0 spiro atoms. The van der Waals surface area contributed by atoms with Crippen molar-refractivity contribution in [3.63, 3.8) is 0 Å². The van der Waals surface area contributed by atoms with Crippen molar-refractivity contribution < 1.29 is 5.11 Å². The van der Waals surface area contributed by atoms with Crippen LogP contribution in [0.5, 0.6) is 0 Å². The molecular formula is C13H19NO. The molecule has 2 rings (SSSR count). The van der Waals surface area contributed by atoms with Gasteiger partial charge in [-0.2, -0.15) is 0 Å². The van der Waals surface area contributed by atoms with Crippen molar-refractivity contribution >= 4 is 5.69 Å². The van der Waals surface area contributed by atoms with E-state index in [9.17, 15) is 0 Å². The largest absolute Gasteiger partial charge is 0.396 e. The third-order valence-electron chi connectivity index (χ3n) is 3.08. The smallest absolute Gasteiger partial charge is 0.0471 e. The highest BCUT2D eigenvalue weighted by Gasteiger charge is 2.27. The minimum atomic E-state index is 0.227. The predicted octanol–water partition coefficient (Wildman–Crippen LogP) is 2.43. The second-order valence-corrected chi connectivity index (χ2v) is 4.44. The fourth-order valence-electron chi connectivity index (χ4n) is 1.87. The molecule has 1 aliphatic rings. The van der Waals surface area contributed by atoms with Gasteiger partial charge in [-0.25, -0.2) is 0 Å². The number of rotatable bonds is 5. The van der Waals surface area contributed by atoms with E-state index in [1.807, 2.05) is 0 Å². The summed E-state index contributed by atoms with van der Waals surface area (Å²) in [7, 11) is 0. The Balaban J connectivity index is 1.91. The lowest BCUT2D eigenvalue weighted by molar-refractivity contribution is 0.299. The second-order valence-electron chi connectivity index (χ2n) is 4.44. The van der Waals surface area contributed by atoms with E-state index in [2.05, 4.69) is 36.5 Å². The maximum absolute atomic E-state index is 8.80. The van der Waals surface area contributed by atoms with Crippen LogP contribution in [0, 0.1) is 5.92 Å². The molecule has 0 radical (unpaired) electrons. The molecule has 2 nitrogen and oxygen atoms in total. The molecule has 1 atom stereocenters. The SMILES string of the molecule is C[C@@H](Nc1ccc(CCO)cc1)C1CC1. The topological polar surface area (TPSA) is 32.3 Å². The summed E-state index contributed by atoms with van der Waals surface area (Å²) in [5, 5.41) is 12.3. The number of benzene rings is 1. The van der Waals surface area contributed by atoms with E-state index in [-0.39, 0.29) is 6.61 Å². The molecule has 0 amide bonds. The zero-order valence-electron chi connectivity index (χ0n) is 9.24. The van der Waals surface area contributed by atoms with Gasteiger partial charge >= 0.3 is 0 Å². The van der Waals surface area contributed by atoms with Gasteiger partial charge in [-0.05, 0) is 49.8 Å². The van der Waals surface area contributed by atoms with Crippen molar-refractivity contribution in [3.05, 3.63) is 29.8 Å². The summed E-state index contributed by atoms with van der Waals surface area (Å²) in [6.07, 6.45) is 3.49. The van der Waals surface area contributed by atoms with Crippen molar-refractivity contribution in [2.24, 2.45) is 5.92 Å². The van der Waals surface area contributed by atoms with E-state index >= 15 is 0 Å². The Kier molecular flexibility index (Phi) is 3.27. The third-order valence-corrected chi connectivity index (χ3v) is 3.08. The predicted molar refractivity (Wildman–Crippen MR) is 63.0 cm³/mol. The highest BCUT2D eigenvalue weighted by molar-refractivity contribution is 5.45. The minimum absolute atomic E-state index is 0.227. The molecular weight excluding hydrogens is 186 g/mol. The average molecular weight is 205 g/mol. The molecule has 1 saturated carbocycles. The average Bonchev–Trinajstić information content (AvgIpc) is 3.04. The Morgan fingerprint density at radius 3 is 2.53 bits per heavy atom. The van der Waals surface area contributed by atoms with Crippen LogP contribution >= 0.6 is 0 Å². The van der Waals surface area contributed by atoms with Crippen LogP contribution in [0.3, 0.4) is 0 Å². The van der Waals surface area contributed by atoms with E-state index < -0.39 is 0 Å². The van der Waals surface area contributed by atoms with Gasteiger partial charge in [0.1, 0.15) is 0 Å². The Morgan fingerprint density at radius 2 is 2.00 bits per heavy atom. The molecule has 2 N–H and O–H groups in total. The Labute approximate surface area is 91.3 Å². The summed E-state index contributed by atoms with van der Waals surface area (Å²) in [6.45, 7) is 2.48. The molecule has 15 heavy (non-hydrogen) atoms. The minimum Gasteiger partial charge on any atom is -0.396 e. The van der Waals surface area contributed by atoms with E-state index in [1.165, 1.54) is 24.1 Å². The van der Waals surface area contributed by atoms with Crippen LogP contribution in [0.2, 0.25) is 0 Å². The first kappa shape index (κ1) is 10.5. The number of hydrogen-bond donors (Lipinski definition) is 2. The van der Waals surface area contributed by atoms with Crippen molar-refractivity contribution in [1.29, 1.82) is 0 Å². The van der Waals surface area contributed by atoms with Crippen LogP contribution in [0.4, 0.5) is 5.69 Å². The second kappa shape index (κ2) is 4.67. The molecule has 1 aliphatic carbocycles. The molecule has 1 aromatic rings. The van der Waals surface area contributed by atoms with Crippen LogP contribution < -0.4 is 5.32 Å². The molecule has 0 aromatic heterocycles. The van der Waals surface area contributed by atoms with E-state index in [4.69, 9.17) is 5.11 Å². The molecule has 0 unspecified atom stereocenters. The lowest BCUT2D eigenvalue weighted by Crippen LogP contribution is -2.17. The first-order chi connectivity index (χ1) is 7.29. The molecule has 0 heterocycles. The van der Waals surface area contributed by atoms with Gasteiger partial charge in [-0.15, -0.1) is 0 Å². The zero-order valence-corrected chi connectivity index (χ0v) is 9.24. The molecule has 0 aliphatic heterocycles. The lowest BCUT2D eigenvalue weighted by atomic mass is 10.1. The summed E-state index contributed by atoms with van der Waals surface area (Å²) < 4.78 is 0. The fraction of sp³-hybridized carbons (Fsp3) is 0.538. The van der Waals surface area contributed by atoms with Crippen molar-refractivity contribution in [2.45, 2.75) is 32.2 Å². The Hall–Kier alpha value is -1.02. The number of anilines is 1. The van der Waals surface area contributed by atoms with Gasteiger partial charge in [0.2, 0.25) is 0 Å². The van der Waals surface area contributed by atoms with Crippen LogP contribution in [-0.4, -0.2) is 17.8 Å². The molecule has 2 heteroatoms. The third kappa shape index (κ3) is 2.96. The summed E-state index contributed by atoms with van der Waals surface area (Å²) in [5.41, 5.74) is 2.39. The number of nitrogens with one attached hydrogen (secondary N) is 1. The maximum Gasteiger partial charge on any atom is 0.0471 e.